The van der Waals surface area contributed by atoms with Crippen LogP contribution in [0.5, 0.6) is 0 Å². The number of nitriles is 1. The van der Waals surface area contributed by atoms with E-state index in [2.05, 4.69) is 10.2 Å². The molecule has 110 valence electrons. The predicted octanol–water partition coefficient (Wildman–Crippen LogP) is 3.33. The minimum absolute atomic E-state index is 0.220. The molecule has 0 fully saturated rings. The monoisotopic (exact) mass is 285 g/mol. The van der Waals surface area contributed by atoms with E-state index in [1.165, 1.54) is 6.07 Å². The molecule has 0 bridgehead atoms. The van der Waals surface area contributed by atoms with Crippen molar-refractivity contribution in [3.63, 3.8) is 0 Å². The first kappa shape index (κ1) is 16.3. The Kier molecular flexibility index (Phi) is 5.83. The summed E-state index contributed by atoms with van der Waals surface area (Å²) >= 11 is 0. The average Bonchev–Trinajstić information content (AvgIpc) is 2.42. The van der Waals surface area contributed by atoms with Crippen molar-refractivity contribution in [2.75, 3.05) is 31.5 Å². The first-order valence-corrected chi connectivity index (χ1v) is 6.50. The van der Waals surface area contributed by atoms with Crippen LogP contribution in [0.4, 0.5) is 18.9 Å². The SMILES string of the molecule is CCN(CC)CCNc1cc(C(F)(F)F)ccc1C#N. The van der Waals surface area contributed by atoms with Crippen molar-refractivity contribution in [3.05, 3.63) is 29.3 Å². The van der Waals surface area contributed by atoms with E-state index in [0.29, 0.717) is 13.1 Å². The van der Waals surface area contributed by atoms with Crippen LogP contribution >= 0.6 is 0 Å². The summed E-state index contributed by atoms with van der Waals surface area (Å²) in [6.07, 6.45) is -4.40. The van der Waals surface area contributed by atoms with Crippen molar-refractivity contribution < 1.29 is 13.2 Å². The van der Waals surface area contributed by atoms with Crippen LogP contribution in [0.1, 0.15) is 25.0 Å². The van der Waals surface area contributed by atoms with Gasteiger partial charge in [-0.3, -0.25) is 0 Å². The van der Waals surface area contributed by atoms with Gasteiger partial charge in [-0.05, 0) is 31.3 Å². The van der Waals surface area contributed by atoms with Gasteiger partial charge in [0.2, 0.25) is 0 Å². The molecule has 0 heterocycles. The third-order valence-corrected chi connectivity index (χ3v) is 3.11. The standard InChI is InChI=1S/C14H18F3N3/c1-3-20(4-2)8-7-19-13-9-12(14(15,16)17)6-5-11(13)10-18/h5-6,9,19H,3-4,7-8H2,1-2H3. The van der Waals surface area contributed by atoms with Gasteiger partial charge in [0, 0.05) is 13.1 Å². The van der Waals surface area contributed by atoms with Crippen LogP contribution in [-0.2, 0) is 6.18 Å². The summed E-state index contributed by atoms with van der Waals surface area (Å²) in [5.41, 5.74) is -0.297. The molecule has 1 N–H and O–H groups in total. The van der Waals surface area contributed by atoms with Crippen LogP contribution in [0.25, 0.3) is 0 Å². The van der Waals surface area contributed by atoms with Gasteiger partial charge in [0.1, 0.15) is 6.07 Å². The summed E-state index contributed by atoms with van der Waals surface area (Å²) in [7, 11) is 0. The second kappa shape index (κ2) is 7.15. The second-order valence-electron chi connectivity index (χ2n) is 4.32. The van der Waals surface area contributed by atoms with Crippen molar-refractivity contribution >= 4 is 5.69 Å². The molecule has 0 atom stereocenters. The highest BCUT2D eigenvalue weighted by Crippen LogP contribution is 2.31. The van der Waals surface area contributed by atoms with Crippen molar-refractivity contribution in [1.82, 2.24) is 4.90 Å². The Morgan fingerprint density at radius 1 is 1.25 bits per heavy atom. The van der Waals surface area contributed by atoms with Gasteiger partial charge in [-0.15, -0.1) is 0 Å². The molecule has 0 radical (unpaired) electrons. The number of rotatable bonds is 6. The Hall–Kier alpha value is -1.74. The highest BCUT2D eigenvalue weighted by Gasteiger charge is 2.31. The van der Waals surface area contributed by atoms with Crippen LogP contribution in [-0.4, -0.2) is 31.1 Å². The molecule has 0 aliphatic heterocycles. The third-order valence-electron chi connectivity index (χ3n) is 3.11. The molecular weight excluding hydrogens is 267 g/mol. The van der Waals surface area contributed by atoms with E-state index in [-0.39, 0.29) is 11.3 Å². The summed E-state index contributed by atoms with van der Waals surface area (Å²) in [6, 6.07) is 5.01. The van der Waals surface area contributed by atoms with Gasteiger partial charge in [0.05, 0.1) is 16.8 Å². The molecule has 0 aliphatic carbocycles. The molecule has 3 nitrogen and oxygen atoms in total. The molecule has 1 aromatic carbocycles. The van der Waals surface area contributed by atoms with Crippen LogP contribution in [0.15, 0.2) is 18.2 Å². The fourth-order valence-corrected chi connectivity index (χ4v) is 1.85. The number of likely N-dealkylation sites (N-methyl/N-ethyl adjacent to an activating group) is 1. The number of alkyl halides is 3. The van der Waals surface area contributed by atoms with Gasteiger partial charge < -0.3 is 10.2 Å². The molecule has 20 heavy (non-hydrogen) atoms. The van der Waals surface area contributed by atoms with E-state index < -0.39 is 11.7 Å². The van der Waals surface area contributed by atoms with Crippen molar-refractivity contribution in [1.29, 1.82) is 5.26 Å². The Morgan fingerprint density at radius 2 is 1.90 bits per heavy atom. The Balaban J connectivity index is 2.80. The average molecular weight is 285 g/mol. The smallest absolute Gasteiger partial charge is 0.383 e. The largest absolute Gasteiger partial charge is 0.416 e. The maximum atomic E-state index is 12.6. The molecule has 0 unspecified atom stereocenters. The van der Waals surface area contributed by atoms with Crippen molar-refractivity contribution in [3.8, 4) is 6.07 Å². The summed E-state index contributed by atoms with van der Waals surface area (Å²) < 4.78 is 37.9. The number of halogens is 3. The molecule has 6 heteroatoms. The number of anilines is 1. The number of benzene rings is 1. The normalized spacial score (nSPS) is 11.4. The maximum Gasteiger partial charge on any atom is 0.416 e. The Labute approximate surface area is 117 Å². The summed E-state index contributed by atoms with van der Waals surface area (Å²) in [6.45, 7) is 7.02. The van der Waals surface area contributed by atoms with Crippen LogP contribution in [0.3, 0.4) is 0 Å². The first-order chi connectivity index (χ1) is 9.42. The Bertz CT molecular complexity index is 474. The van der Waals surface area contributed by atoms with Crippen molar-refractivity contribution in [2.24, 2.45) is 0 Å². The van der Waals surface area contributed by atoms with Gasteiger partial charge >= 0.3 is 6.18 Å². The lowest BCUT2D eigenvalue weighted by molar-refractivity contribution is -0.137. The lowest BCUT2D eigenvalue weighted by Gasteiger charge is -2.19. The molecule has 1 aromatic rings. The Morgan fingerprint density at radius 3 is 2.40 bits per heavy atom. The molecular formula is C14H18F3N3. The molecule has 1 rings (SSSR count). The van der Waals surface area contributed by atoms with E-state index in [9.17, 15) is 13.2 Å². The zero-order valence-corrected chi connectivity index (χ0v) is 11.6. The van der Waals surface area contributed by atoms with Crippen molar-refractivity contribution in [2.45, 2.75) is 20.0 Å². The first-order valence-electron chi connectivity index (χ1n) is 6.50. The topological polar surface area (TPSA) is 39.1 Å². The zero-order chi connectivity index (χ0) is 15.2. The molecule has 0 aromatic heterocycles. The summed E-state index contributed by atoms with van der Waals surface area (Å²) in [5.74, 6) is 0. The fourth-order valence-electron chi connectivity index (χ4n) is 1.85. The minimum atomic E-state index is -4.40. The zero-order valence-electron chi connectivity index (χ0n) is 11.6. The van der Waals surface area contributed by atoms with E-state index in [1.54, 1.807) is 0 Å². The molecule has 0 spiro atoms. The van der Waals surface area contributed by atoms with Gasteiger partial charge in [0.25, 0.3) is 0 Å². The predicted molar refractivity (Wildman–Crippen MR) is 72.4 cm³/mol. The van der Waals surface area contributed by atoms with Crippen LogP contribution in [0, 0.1) is 11.3 Å². The van der Waals surface area contributed by atoms with Gasteiger partial charge in [-0.2, -0.15) is 18.4 Å². The van der Waals surface area contributed by atoms with Crippen LogP contribution < -0.4 is 5.32 Å². The molecule has 0 saturated heterocycles. The van der Waals surface area contributed by atoms with Gasteiger partial charge in [0.15, 0.2) is 0 Å². The van der Waals surface area contributed by atoms with E-state index in [4.69, 9.17) is 5.26 Å². The molecule has 0 amide bonds. The van der Waals surface area contributed by atoms with Gasteiger partial charge in [-0.1, -0.05) is 13.8 Å². The number of hydrogen-bond donors (Lipinski definition) is 1. The second-order valence-corrected chi connectivity index (χ2v) is 4.32. The third kappa shape index (κ3) is 4.42. The molecule has 0 aliphatic rings. The van der Waals surface area contributed by atoms with Gasteiger partial charge in [-0.25, -0.2) is 0 Å². The number of nitrogens with zero attached hydrogens (tertiary/aromatic N) is 2. The van der Waals surface area contributed by atoms with E-state index in [1.807, 2.05) is 19.9 Å². The van der Waals surface area contributed by atoms with Crippen LogP contribution in [0.2, 0.25) is 0 Å². The molecule has 0 saturated carbocycles. The maximum absolute atomic E-state index is 12.6. The lowest BCUT2D eigenvalue weighted by Crippen LogP contribution is -2.28. The number of hydrogen-bond acceptors (Lipinski definition) is 3. The summed E-state index contributed by atoms with van der Waals surface area (Å²) in [5, 5.41) is 11.8. The number of nitrogens with one attached hydrogen (secondary N) is 1. The highest BCUT2D eigenvalue weighted by molar-refractivity contribution is 5.59. The summed E-state index contributed by atoms with van der Waals surface area (Å²) in [4.78, 5) is 2.15. The van der Waals surface area contributed by atoms with E-state index >= 15 is 0 Å². The minimum Gasteiger partial charge on any atom is -0.383 e. The fraction of sp³-hybridized carbons (Fsp3) is 0.500. The van der Waals surface area contributed by atoms with E-state index in [0.717, 1.165) is 25.2 Å². The lowest BCUT2D eigenvalue weighted by atomic mass is 10.1. The highest BCUT2D eigenvalue weighted by atomic mass is 19.4. The quantitative estimate of drug-likeness (QED) is 0.871.